The zero-order valence-corrected chi connectivity index (χ0v) is 11.7. The highest BCUT2D eigenvalue weighted by Gasteiger charge is 2.19. The molecular formula is C11H16N4O3S. The van der Waals surface area contributed by atoms with E-state index in [4.69, 9.17) is 9.47 Å². The lowest BCUT2D eigenvalue weighted by molar-refractivity contribution is -0.122. The number of carbonyl (C=O) groups is 1. The number of amides is 1. The standard InChI is InChI=1S/C11H16N4O3S/c1-8-9(18-5-4-17-8)10(16)12-3-6-19-11-14-13-7-15(11)2/h7H,3-6H2,1-2H3,(H,12,16). The molecule has 0 saturated carbocycles. The summed E-state index contributed by atoms with van der Waals surface area (Å²) in [7, 11) is 1.88. The van der Waals surface area contributed by atoms with Crippen molar-refractivity contribution in [2.75, 3.05) is 25.5 Å². The van der Waals surface area contributed by atoms with Crippen LogP contribution in [0.15, 0.2) is 23.0 Å². The molecule has 0 bridgehead atoms. The molecule has 0 fully saturated rings. The molecule has 0 saturated heterocycles. The molecule has 8 heteroatoms. The van der Waals surface area contributed by atoms with Crippen molar-refractivity contribution in [1.29, 1.82) is 0 Å². The summed E-state index contributed by atoms with van der Waals surface area (Å²) in [5.41, 5.74) is 0. The molecule has 1 aromatic rings. The Morgan fingerprint density at radius 3 is 3.00 bits per heavy atom. The molecule has 1 aliphatic rings. The Labute approximate surface area is 115 Å². The Kier molecular flexibility index (Phi) is 4.67. The van der Waals surface area contributed by atoms with Crippen molar-refractivity contribution in [2.45, 2.75) is 12.1 Å². The molecule has 19 heavy (non-hydrogen) atoms. The van der Waals surface area contributed by atoms with E-state index in [1.807, 2.05) is 11.6 Å². The lowest BCUT2D eigenvalue weighted by Gasteiger charge is -2.19. The van der Waals surface area contributed by atoms with E-state index < -0.39 is 0 Å². The number of hydrogen-bond donors (Lipinski definition) is 1. The second kappa shape index (κ2) is 6.46. The minimum Gasteiger partial charge on any atom is -0.491 e. The average Bonchev–Trinajstić information content (AvgIpc) is 2.80. The zero-order valence-electron chi connectivity index (χ0n) is 10.9. The summed E-state index contributed by atoms with van der Waals surface area (Å²) in [4.78, 5) is 11.8. The largest absolute Gasteiger partial charge is 0.491 e. The molecule has 1 aromatic heterocycles. The molecule has 0 radical (unpaired) electrons. The van der Waals surface area contributed by atoms with Crippen LogP contribution in [0, 0.1) is 0 Å². The lowest BCUT2D eigenvalue weighted by Crippen LogP contribution is -2.31. The third-order valence-corrected chi connectivity index (χ3v) is 3.50. The Bertz CT molecular complexity index is 486. The van der Waals surface area contributed by atoms with Gasteiger partial charge in [-0.1, -0.05) is 11.8 Å². The Balaban J connectivity index is 1.74. The molecule has 0 atom stereocenters. The Morgan fingerprint density at radius 2 is 2.32 bits per heavy atom. The van der Waals surface area contributed by atoms with Crippen molar-refractivity contribution in [3.63, 3.8) is 0 Å². The van der Waals surface area contributed by atoms with Crippen LogP contribution in [-0.4, -0.2) is 46.2 Å². The van der Waals surface area contributed by atoms with Gasteiger partial charge in [0.05, 0.1) is 0 Å². The highest BCUT2D eigenvalue weighted by Crippen LogP contribution is 2.14. The van der Waals surface area contributed by atoms with E-state index in [1.54, 1.807) is 13.3 Å². The number of allylic oxidation sites excluding steroid dienone is 1. The van der Waals surface area contributed by atoms with Gasteiger partial charge in [-0.05, 0) is 6.92 Å². The number of rotatable bonds is 5. The summed E-state index contributed by atoms with van der Waals surface area (Å²) in [6.07, 6.45) is 1.64. The summed E-state index contributed by atoms with van der Waals surface area (Å²) in [5, 5.41) is 11.3. The molecule has 104 valence electrons. The van der Waals surface area contributed by atoms with E-state index in [2.05, 4.69) is 15.5 Å². The van der Waals surface area contributed by atoms with Crippen molar-refractivity contribution in [3.05, 3.63) is 17.8 Å². The summed E-state index contributed by atoms with van der Waals surface area (Å²) < 4.78 is 12.4. The van der Waals surface area contributed by atoms with Crippen molar-refractivity contribution in [2.24, 2.45) is 7.05 Å². The monoisotopic (exact) mass is 284 g/mol. The van der Waals surface area contributed by atoms with Gasteiger partial charge in [-0.25, -0.2) is 0 Å². The Hall–Kier alpha value is -1.70. The minimum absolute atomic E-state index is 0.240. The second-order valence-corrected chi connectivity index (χ2v) is 4.97. The lowest BCUT2D eigenvalue weighted by atomic mass is 10.3. The summed E-state index contributed by atoms with van der Waals surface area (Å²) >= 11 is 1.53. The van der Waals surface area contributed by atoms with Gasteiger partial charge in [0.2, 0.25) is 5.76 Å². The number of carbonyl (C=O) groups excluding carboxylic acids is 1. The molecule has 1 N–H and O–H groups in total. The molecule has 2 rings (SSSR count). The third kappa shape index (κ3) is 3.63. The van der Waals surface area contributed by atoms with Crippen LogP contribution in [0.25, 0.3) is 0 Å². The fourth-order valence-corrected chi connectivity index (χ4v) is 2.26. The first-order valence-electron chi connectivity index (χ1n) is 5.90. The van der Waals surface area contributed by atoms with E-state index in [0.29, 0.717) is 31.3 Å². The maximum absolute atomic E-state index is 11.8. The van der Waals surface area contributed by atoms with Gasteiger partial charge in [-0.15, -0.1) is 10.2 Å². The second-order valence-electron chi connectivity index (χ2n) is 3.91. The number of aryl methyl sites for hydroxylation is 1. The van der Waals surface area contributed by atoms with Crippen LogP contribution in [-0.2, 0) is 21.3 Å². The minimum atomic E-state index is -0.240. The molecule has 0 unspecified atom stereocenters. The number of thioether (sulfide) groups is 1. The molecular weight excluding hydrogens is 268 g/mol. The van der Waals surface area contributed by atoms with Gasteiger partial charge >= 0.3 is 0 Å². The van der Waals surface area contributed by atoms with Crippen molar-refractivity contribution in [3.8, 4) is 0 Å². The number of hydrogen-bond acceptors (Lipinski definition) is 6. The van der Waals surface area contributed by atoms with Crippen molar-refractivity contribution in [1.82, 2.24) is 20.1 Å². The first kappa shape index (κ1) is 13.7. The van der Waals surface area contributed by atoms with Gasteiger partial charge in [0.15, 0.2) is 5.16 Å². The number of nitrogens with zero attached hydrogens (tertiary/aromatic N) is 3. The van der Waals surface area contributed by atoms with Gasteiger partial charge in [0, 0.05) is 19.3 Å². The number of nitrogens with one attached hydrogen (secondary N) is 1. The summed E-state index contributed by atoms with van der Waals surface area (Å²) in [6, 6.07) is 0. The van der Waals surface area contributed by atoms with E-state index in [0.717, 1.165) is 5.16 Å². The molecule has 0 aromatic carbocycles. The average molecular weight is 284 g/mol. The SMILES string of the molecule is CC1=C(C(=O)NCCSc2nncn2C)OCCO1. The number of ether oxygens (including phenoxy) is 2. The van der Waals surface area contributed by atoms with E-state index in [1.165, 1.54) is 11.8 Å². The number of aromatic nitrogens is 3. The van der Waals surface area contributed by atoms with Crippen molar-refractivity contribution < 1.29 is 14.3 Å². The molecule has 1 amide bonds. The predicted octanol–water partition coefficient (Wildman–Crippen LogP) is 0.302. The summed E-state index contributed by atoms with van der Waals surface area (Å²) in [6.45, 7) is 3.15. The van der Waals surface area contributed by atoms with Crippen LogP contribution >= 0.6 is 11.8 Å². The summed E-state index contributed by atoms with van der Waals surface area (Å²) in [5.74, 6) is 1.28. The van der Waals surface area contributed by atoms with Crippen LogP contribution in [0.5, 0.6) is 0 Å². The molecule has 7 nitrogen and oxygen atoms in total. The van der Waals surface area contributed by atoms with Gasteiger partial charge in [0.25, 0.3) is 5.91 Å². The highest BCUT2D eigenvalue weighted by molar-refractivity contribution is 7.99. The van der Waals surface area contributed by atoms with E-state index >= 15 is 0 Å². The fourth-order valence-electron chi connectivity index (χ4n) is 1.52. The zero-order chi connectivity index (χ0) is 13.7. The van der Waals surface area contributed by atoms with E-state index in [-0.39, 0.29) is 11.7 Å². The topological polar surface area (TPSA) is 78.3 Å². The van der Waals surface area contributed by atoms with Crippen LogP contribution in [0.1, 0.15) is 6.92 Å². The predicted molar refractivity (Wildman–Crippen MR) is 69.3 cm³/mol. The van der Waals surface area contributed by atoms with Gasteiger partial charge in [-0.2, -0.15) is 0 Å². The highest BCUT2D eigenvalue weighted by atomic mass is 32.2. The van der Waals surface area contributed by atoms with Crippen LogP contribution in [0.4, 0.5) is 0 Å². The molecule has 0 spiro atoms. The molecule has 2 heterocycles. The molecule has 0 aliphatic carbocycles. The fraction of sp³-hybridized carbons (Fsp3) is 0.545. The van der Waals surface area contributed by atoms with Crippen molar-refractivity contribution >= 4 is 17.7 Å². The van der Waals surface area contributed by atoms with Crippen LogP contribution in [0.2, 0.25) is 0 Å². The Morgan fingerprint density at radius 1 is 1.53 bits per heavy atom. The normalized spacial score (nSPS) is 14.8. The third-order valence-electron chi connectivity index (χ3n) is 2.46. The maximum atomic E-state index is 11.8. The van der Waals surface area contributed by atoms with Gasteiger partial charge < -0.3 is 19.4 Å². The first-order chi connectivity index (χ1) is 9.18. The van der Waals surface area contributed by atoms with Crippen LogP contribution < -0.4 is 5.32 Å². The quantitative estimate of drug-likeness (QED) is 0.619. The smallest absolute Gasteiger partial charge is 0.289 e. The molecule has 1 aliphatic heterocycles. The van der Waals surface area contributed by atoms with Gasteiger partial charge in [0.1, 0.15) is 25.3 Å². The first-order valence-corrected chi connectivity index (χ1v) is 6.88. The van der Waals surface area contributed by atoms with E-state index in [9.17, 15) is 4.79 Å². The van der Waals surface area contributed by atoms with Crippen LogP contribution in [0.3, 0.4) is 0 Å². The van der Waals surface area contributed by atoms with Gasteiger partial charge in [-0.3, -0.25) is 4.79 Å². The maximum Gasteiger partial charge on any atom is 0.289 e.